The molecule has 1 heterocycles. The Kier molecular flexibility index (Phi) is 5.01. The molecule has 1 aromatic heterocycles. The first-order valence-electron chi connectivity index (χ1n) is 4.23. The fraction of sp³-hybridized carbons (Fsp3) is 0.333. The third-order valence-corrected chi connectivity index (χ3v) is 2.38. The molecule has 1 N–H and O–H groups in total. The summed E-state index contributed by atoms with van der Waals surface area (Å²) in [5.74, 6) is -0.258. The highest BCUT2D eigenvalue weighted by atomic mass is 79.9. The maximum absolute atomic E-state index is 11.6. The third-order valence-electron chi connectivity index (χ3n) is 1.64. The fourth-order valence-corrected chi connectivity index (χ4v) is 1.46. The lowest BCUT2D eigenvalue weighted by atomic mass is 10.2. The first-order chi connectivity index (χ1) is 7.15. The molecule has 0 aliphatic heterocycles. The van der Waals surface area contributed by atoms with Crippen molar-refractivity contribution in [3.63, 3.8) is 0 Å². The monoisotopic (exact) mass is 292 g/mol. The molecule has 0 radical (unpaired) electrons. The van der Waals surface area contributed by atoms with Crippen molar-refractivity contribution in [1.82, 2.24) is 10.3 Å². The van der Waals surface area contributed by atoms with E-state index in [2.05, 4.69) is 26.2 Å². The van der Waals surface area contributed by atoms with Gasteiger partial charge in [-0.2, -0.15) is 0 Å². The number of ether oxygens (including phenoxy) is 1. The summed E-state index contributed by atoms with van der Waals surface area (Å²) in [5, 5.41) is 2.85. The van der Waals surface area contributed by atoms with E-state index < -0.39 is 0 Å². The maximum Gasteiger partial charge on any atom is 0.254 e. The molecule has 0 aromatic carbocycles. The zero-order chi connectivity index (χ0) is 11.3. The number of carbonyl (C=O) groups is 1. The van der Waals surface area contributed by atoms with Gasteiger partial charge in [-0.1, -0.05) is 11.6 Å². The van der Waals surface area contributed by atoms with Crippen LogP contribution in [0.3, 0.4) is 0 Å². The Morgan fingerprint density at radius 2 is 2.47 bits per heavy atom. The Hall–Kier alpha value is -0.650. The predicted octanol–water partition coefficient (Wildman–Crippen LogP) is 1.87. The highest BCUT2D eigenvalue weighted by Crippen LogP contribution is 2.17. The van der Waals surface area contributed by atoms with Gasteiger partial charge < -0.3 is 10.1 Å². The van der Waals surface area contributed by atoms with Crippen molar-refractivity contribution >= 4 is 33.4 Å². The number of pyridine rings is 1. The fourth-order valence-electron chi connectivity index (χ4n) is 0.944. The molecule has 1 aromatic rings. The van der Waals surface area contributed by atoms with Crippen LogP contribution in [0.15, 0.2) is 16.7 Å². The van der Waals surface area contributed by atoms with Crippen molar-refractivity contribution in [2.45, 2.75) is 0 Å². The van der Waals surface area contributed by atoms with Crippen LogP contribution in [-0.4, -0.2) is 31.2 Å². The smallest absolute Gasteiger partial charge is 0.254 e. The Labute approximate surface area is 101 Å². The second-order valence-electron chi connectivity index (χ2n) is 2.74. The van der Waals surface area contributed by atoms with E-state index >= 15 is 0 Å². The molecule has 0 aliphatic carbocycles. The summed E-state index contributed by atoms with van der Waals surface area (Å²) in [5.41, 5.74) is 0.349. The average molecular weight is 294 g/mol. The number of nitrogens with one attached hydrogen (secondary N) is 1. The molecule has 0 fully saturated rings. The minimum Gasteiger partial charge on any atom is -0.383 e. The number of hydrogen-bond donors (Lipinski definition) is 1. The summed E-state index contributed by atoms with van der Waals surface area (Å²) < 4.78 is 5.52. The van der Waals surface area contributed by atoms with E-state index in [-0.39, 0.29) is 11.1 Å². The molecule has 0 bridgehead atoms. The topological polar surface area (TPSA) is 51.2 Å². The normalized spacial score (nSPS) is 10.1. The summed E-state index contributed by atoms with van der Waals surface area (Å²) in [6.07, 6.45) is 1.54. The van der Waals surface area contributed by atoms with Gasteiger partial charge in [0.1, 0.15) is 5.15 Å². The second-order valence-corrected chi connectivity index (χ2v) is 4.01. The van der Waals surface area contributed by atoms with Gasteiger partial charge in [0.25, 0.3) is 5.91 Å². The van der Waals surface area contributed by atoms with Crippen LogP contribution in [0, 0.1) is 0 Å². The molecule has 0 saturated carbocycles. The van der Waals surface area contributed by atoms with Crippen LogP contribution >= 0.6 is 27.5 Å². The maximum atomic E-state index is 11.6. The molecule has 0 unspecified atom stereocenters. The van der Waals surface area contributed by atoms with Crippen LogP contribution in [0.25, 0.3) is 0 Å². The Bertz CT molecular complexity index is 360. The molecule has 1 amide bonds. The quantitative estimate of drug-likeness (QED) is 0.681. The summed E-state index contributed by atoms with van der Waals surface area (Å²) >= 11 is 9.00. The number of amides is 1. The minimum atomic E-state index is -0.258. The van der Waals surface area contributed by atoms with Crippen molar-refractivity contribution in [2.75, 3.05) is 20.3 Å². The first kappa shape index (κ1) is 12.4. The molecule has 0 saturated heterocycles. The number of methoxy groups -OCH3 is 1. The van der Waals surface area contributed by atoms with E-state index in [4.69, 9.17) is 16.3 Å². The number of aromatic nitrogens is 1. The minimum absolute atomic E-state index is 0.188. The van der Waals surface area contributed by atoms with Crippen molar-refractivity contribution in [3.8, 4) is 0 Å². The summed E-state index contributed by atoms with van der Waals surface area (Å²) in [6, 6.07) is 1.62. The Balaban J connectivity index is 2.68. The van der Waals surface area contributed by atoms with Gasteiger partial charge in [0.2, 0.25) is 0 Å². The van der Waals surface area contributed by atoms with Gasteiger partial charge in [-0.25, -0.2) is 4.98 Å². The van der Waals surface area contributed by atoms with Gasteiger partial charge in [-0.3, -0.25) is 4.79 Å². The van der Waals surface area contributed by atoms with Gasteiger partial charge in [0.05, 0.1) is 12.2 Å². The highest BCUT2D eigenvalue weighted by Gasteiger charge is 2.11. The van der Waals surface area contributed by atoms with Gasteiger partial charge >= 0.3 is 0 Å². The van der Waals surface area contributed by atoms with E-state index in [1.54, 1.807) is 13.2 Å². The SMILES string of the molecule is COCCNC(=O)c1cc(Br)cnc1Cl. The van der Waals surface area contributed by atoms with Crippen LogP contribution in [0.2, 0.25) is 5.15 Å². The van der Waals surface area contributed by atoms with Crippen LogP contribution in [0.1, 0.15) is 10.4 Å². The molecule has 0 spiro atoms. The lowest BCUT2D eigenvalue weighted by Crippen LogP contribution is -2.27. The number of carbonyl (C=O) groups excluding carboxylic acids is 1. The molecule has 6 heteroatoms. The van der Waals surface area contributed by atoms with E-state index in [0.717, 1.165) is 0 Å². The highest BCUT2D eigenvalue weighted by molar-refractivity contribution is 9.10. The van der Waals surface area contributed by atoms with Gasteiger partial charge in [0.15, 0.2) is 0 Å². The Morgan fingerprint density at radius 3 is 3.13 bits per heavy atom. The third kappa shape index (κ3) is 3.77. The van der Waals surface area contributed by atoms with Crippen molar-refractivity contribution in [2.24, 2.45) is 0 Å². The van der Waals surface area contributed by atoms with E-state index in [1.807, 2.05) is 0 Å². The van der Waals surface area contributed by atoms with Crippen molar-refractivity contribution in [1.29, 1.82) is 0 Å². The zero-order valence-electron chi connectivity index (χ0n) is 8.09. The van der Waals surface area contributed by atoms with Crippen LogP contribution < -0.4 is 5.32 Å². The largest absolute Gasteiger partial charge is 0.383 e. The Morgan fingerprint density at radius 1 is 1.73 bits per heavy atom. The number of hydrogen-bond acceptors (Lipinski definition) is 3. The average Bonchev–Trinajstić information content (AvgIpc) is 2.22. The van der Waals surface area contributed by atoms with Crippen LogP contribution in [0.5, 0.6) is 0 Å². The van der Waals surface area contributed by atoms with Gasteiger partial charge in [0, 0.05) is 24.3 Å². The second kappa shape index (κ2) is 6.05. The molecule has 82 valence electrons. The first-order valence-corrected chi connectivity index (χ1v) is 5.40. The van der Waals surface area contributed by atoms with Crippen LogP contribution in [-0.2, 0) is 4.74 Å². The number of nitrogens with zero attached hydrogens (tertiary/aromatic N) is 1. The van der Waals surface area contributed by atoms with E-state index in [9.17, 15) is 4.79 Å². The van der Waals surface area contributed by atoms with Gasteiger partial charge in [-0.15, -0.1) is 0 Å². The number of rotatable bonds is 4. The summed E-state index contributed by atoms with van der Waals surface area (Å²) in [7, 11) is 1.57. The lowest BCUT2D eigenvalue weighted by Gasteiger charge is -2.05. The van der Waals surface area contributed by atoms with E-state index in [0.29, 0.717) is 23.2 Å². The van der Waals surface area contributed by atoms with Crippen LogP contribution in [0.4, 0.5) is 0 Å². The molecular formula is C9H10BrClN2O2. The summed E-state index contributed by atoms with van der Waals surface area (Å²) in [4.78, 5) is 15.4. The van der Waals surface area contributed by atoms with E-state index in [1.165, 1.54) is 6.20 Å². The molecule has 0 atom stereocenters. The zero-order valence-corrected chi connectivity index (χ0v) is 10.4. The molecule has 0 aliphatic rings. The van der Waals surface area contributed by atoms with Crippen molar-refractivity contribution < 1.29 is 9.53 Å². The molecule has 1 rings (SSSR count). The molecular weight excluding hydrogens is 283 g/mol. The number of halogens is 2. The molecule has 4 nitrogen and oxygen atoms in total. The van der Waals surface area contributed by atoms with Crippen molar-refractivity contribution in [3.05, 3.63) is 27.5 Å². The summed E-state index contributed by atoms with van der Waals surface area (Å²) in [6.45, 7) is 0.906. The standard InChI is InChI=1S/C9H10BrClN2O2/c1-15-3-2-12-9(14)7-4-6(10)5-13-8(7)11/h4-5H,2-3H2,1H3,(H,12,14). The molecule has 15 heavy (non-hydrogen) atoms. The predicted molar refractivity (Wildman–Crippen MR) is 61.2 cm³/mol. The lowest BCUT2D eigenvalue weighted by molar-refractivity contribution is 0.0937. The van der Waals surface area contributed by atoms with Gasteiger partial charge in [-0.05, 0) is 22.0 Å².